The van der Waals surface area contributed by atoms with Crippen LogP contribution in [0.15, 0.2) is 28.8 Å². The fraction of sp³-hybridized carbons (Fsp3) is 0.550. The van der Waals surface area contributed by atoms with Gasteiger partial charge in [-0.2, -0.15) is 4.98 Å². The van der Waals surface area contributed by atoms with Gasteiger partial charge in [0.2, 0.25) is 11.7 Å². The summed E-state index contributed by atoms with van der Waals surface area (Å²) in [5.41, 5.74) is 2.08. The molecule has 0 bridgehead atoms. The van der Waals surface area contributed by atoms with Crippen molar-refractivity contribution in [3.05, 3.63) is 35.7 Å². The van der Waals surface area contributed by atoms with Gasteiger partial charge in [-0.05, 0) is 38.2 Å². The second kappa shape index (κ2) is 7.48. The Balaban J connectivity index is 1.48. The van der Waals surface area contributed by atoms with Crippen LogP contribution in [-0.2, 0) is 0 Å². The van der Waals surface area contributed by atoms with E-state index >= 15 is 0 Å². The molecular weight excluding hydrogens is 328 g/mol. The van der Waals surface area contributed by atoms with E-state index in [2.05, 4.69) is 15.5 Å². The smallest absolute Gasteiger partial charge is 0.318 e. The quantitative estimate of drug-likeness (QED) is 0.895. The molecule has 6 heteroatoms. The molecule has 2 heterocycles. The maximum absolute atomic E-state index is 12.8. The van der Waals surface area contributed by atoms with Crippen LogP contribution in [0.3, 0.4) is 0 Å². The molecule has 1 unspecified atom stereocenters. The van der Waals surface area contributed by atoms with Gasteiger partial charge >= 0.3 is 6.03 Å². The number of hydrogen-bond acceptors (Lipinski definition) is 4. The summed E-state index contributed by atoms with van der Waals surface area (Å²) in [5.74, 6) is 1.14. The molecular formula is C20H26N4O2. The van der Waals surface area contributed by atoms with Gasteiger partial charge in [-0.25, -0.2) is 4.79 Å². The third-order valence-electron chi connectivity index (χ3n) is 5.56. The maximum Gasteiger partial charge on any atom is 0.318 e. The van der Waals surface area contributed by atoms with Gasteiger partial charge in [0, 0.05) is 18.2 Å². The van der Waals surface area contributed by atoms with Crippen molar-refractivity contribution in [3.8, 4) is 11.4 Å². The summed E-state index contributed by atoms with van der Waals surface area (Å²) in [6, 6.07) is 8.19. The Hall–Kier alpha value is -2.37. The van der Waals surface area contributed by atoms with Crippen LogP contribution in [0.25, 0.3) is 11.4 Å². The zero-order valence-corrected chi connectivity index (χ0v) is 15.3. The molecule has 1 aliphatic carbocycles. The summed E-state index contributed by atoms with van der Waals surface area (Å²) in [6.07, 6.45) is 7.70. The number of hydrogen-bond donors (Lipinski definition) is 1. The van der Waals surface area contributed by atoms with E-state index in [1.807, 2.05) is 36.1 Å². The van der Waals surface area contributed by atoms with E-state index < -0.39 is 0 Å². The first-order valence-electron chi connectivity index (χ1n) is 9.69. The van der Waals surface area contributed by atoms with Crippen molar-refractivity contribution in [1.82, 2.24) is 20.4 Å². The summed E-state index contributed by atoms with van der Waals surface area (Å²) in [4.78, 5) is 19.2. The molecule has 0 spiro atoms. The van der Waals surface area contributed by atoms with Gasteiger partial charge in [0.15, 0.2) is 0 Å². The highest BCUT2D eigenvalue weighted by atomic mass is 16.5. The van der Waals surface area contributed by atoms with Gasteiger partial charge in [0.05, 0.1) is 0 Å². The van der Waals surface area contributed by atoms with Gasteiger partial charge in [-0.3, -0.25) is 0 Å². The lowest BCUT2D eigenvalue weighted by molar-refractivity contribution is 0.173. The Bertz CT molecular complexity index is 767. The van der Waals surface area contributed by atoms with Gasteiger partial charge < -0.3 is 14.7 Å². The van der Waals surface area contributed by atoms with Gasteiger partial charge in [0.1, 0.15) is 6.04 Å². The lowest BCUT2D eigenvalue weighted by Crippen LogP contribution is -2.45. The normalized spacial score (nSPS) is 21.1. The SMILES string of the molecule is Cc1ccccc1-c1noc(C2CCCN2C(=O)NC2CCCCC2)n1. The van der Waals surface area contributed by atoms with Crippen molar-refractivity contribution in [2.75, 3.05) is 6.54 Å². The number of benzene rings is 1. The third kappa shape index (κ3) is 3.45. The number of urea groups is 1. The lowest BCUT2D eigenvalue weighted by Gasteiger charge is -2.28. The Labute approximate surface area is 154 Å². The minimum atomic E-state index is -0.121. The van der Waals surface area contributed by atoms with Gasteiger partial charge in [0.25, 0.3) is 0 Å². The molecule has 138 valence electrons. The fourth-order valence-corrected chi connectivity index (χ4v) is 4.07. The summed E-state index contributed by atoms with van der Waals surface area (Å²) in [5, 5.41) is 7.36. The number of likely N-dealkylation sites (tertiary alicyclic amines) is 1. The van der Waals surface area contributed by atoms with Crippen LogP contribution < -0.4 is 5.32 Å². The standard InChI is InChI=1S/C20H26N4O2/c1-14-8-5-6-11-16(14)18-22-19(26-23-18)17-12-7-13-24(17)20(25)21-15-9-3-2-4-10-15/h5-6,8,11,15,17H,2-4,7,9-10,12-13H2,1H3,(H,21,25). The van der Waals surface area contributed by atoms with Crippen LogP contribution in [0.4, 0.5) is 4.79 Å². The molecule has 1 aromatic carbocycles. The second-order valence-corrected chi connectivity index (χ2v) is 7.41. The predicted octanol–water partition coefficient (Wildman–Crippen LogP) is 4.22. The zero-order valence-electron chi connectivity index (χ0n) is 15.3. The van der Waals surface area contributed by atoms with Crippen LogP contribution in [0.2, 0.25) is 0 Å². The van der Waals surface area contributed by atoms with Gasteiger partial charge in [-0.1, -0.05) is 48.7 Å². The number of amides is 2. The van der Waals surface area contributed by atoms with Crippen LogP contribution in [0, 0.1) is 6.92 Å². The van der Waals surface area contributed by atoms with Crippen molar-refractivity contribution >= 4 is 6.03 Å². The highest BCUT2D eigenvalue weighted by molar-refractivity contribution is 5.75. The van der Waals surface area contributed by atoms with Crippen LogP contribution >= 0.6 is 0 Å². The zero-order chi connectivity index (χ0) is 17.9. The number of carbonyl (C=O) groups excluding carboxylic acids is 1. The first-order chi connectivity index (χ1) is 12.7. The summed E-state index contributed by atoms with van der Waals surface area (Å²) in [7, 11) is 0. The average molecular weight is 354 g/mol. The monoisotopic (exact) mass is 354 g/mol. The van der Waals surface area contributed by atoms with E-state index in [9.17, 15) is 4.79 Å². The van der Waals surface area contributed by atoms with E-state index in [-0.39, 0.29) is 12.1 Å². The highest BCUT2D eigenvalue weighted by Crippen LogP contribution is 2.32. The van der Waals surface area contributed by atoms with Crippen molar-refractivity contribution in [3.63, 3.8) is 0 Å². The van der Waals surface area contributed by atoms with Crippen molar-refractivity contribution in [1.29, 1.82) is 0 Å². The topological polar surface area (TPSA) is 71.3 Å². The number of nitrogens with zero attached hydrogens (tertiary/aromatic N) is 3. The largest absolute Gasteiger partial charge is 0.337 e. The predicted molar refractivity (Wildman–Crippen MR) is 98.6 cm³/mol. The lowest BCUT2D eigenvalue weighted by atomic mass is 9.96. The second-order valence-electron chi connectivity index (χ2n) is 7.41. The molecule has 1 N–H and O–H groups in total. The first kappa shape index (κ1) is 17.1. The maximum atomic E-state index is 12.8. The van der Waals surface area contributed by atoms with Crippen molar-refractivity contribution in [2.45, 2.75) is 64.0 Å². The molecule has 26 heavy (non-hydrogen) atoms. The molecule has 2 amide bonds. The van der Waals surface area contributed by atoms with E-state index in [0.29, 0.717) is 17.8 Å². The summed E-state index contributed by atoms with van der Waals surface area (Å²) < 4.78 is 5.55. The number of rotatable bonds is 3. The minimum Gasteiger partial charge on any atom is -0.337 e. The molecule has 2 aromatic rings. The molecule has 1 saturated heterocycles. The molecule has 2 aliphatic rings. The molecule has 1 atom stereocenters. The number of nitrogens with one attached hydrogen (secondary N) is 1. The molecule has 2 fully saturated rings. The molecule has 4 rings (SSSR count). The minimum absolute atomic E-state index is 0.00930. The number of carbonyl (C=O) groups is 1. The van der Waals surface area contributed by atoms with E-state index in [1.54, 1.807) is 0 Å². The van der Waals surface area contributed by atoms with Crippen LogP contribution in [0.1, 0.15) is 62.4 Å². The summed E-state index contributed by atoms with van der Waals surface area (Å²) in [6.45, 7) is 2.77. The Morgan fingerprint density at radius 3 is 2.77 bits per heavy atom. The molecule has 0 radical (unpaired) electrons. The van der Waals surface area contributed by atoms with E-state index in [4.69, 9.17) is 4.52 Å². The Kier molecular flexibility index (Phi) is 4.91. The van der Waals surface area contributed by atoms with E-state index in [0.717, 1.165) is 43.4 Å². The number of aromatic nitrogens is 2. The average Bonchev–Trinajstić information content (AvgIpc) is 3.32. The van der Waals surface area contributed by atoms with Crippen LogP contribution in [0.5, 0.6) is 0 Å². The molecule has 6 nitrogen and oxygen atoms in total. The number of aryl methyl sites for hydroxylation is 1. The van der Waals surface area contributed by atoms with E-state index in [1.165, 1.54) is 19.3 Å². The Morgan fingerprint density at radius 1 is 1.15 bits per heavy atom. The third-order valence-corrected chi connectivity index (χ3v) is 5.56. The molecule has 1 aliphatic heterocycles. The summed E-state index contributed by atoms with van der Waals surface area (Å²) >= 11 is 0. The Morgan fingerprint density at radius 2 is 1.96 bits per heavy atom. The van der Waals surface area contributed by atoms with Gasteiger partial charge in [-0.15, -0.1) is 0 Å². The van der Waals surface area contributed by atoms with Crippen molar-refractivity contribution < 1.29 is 9.32 Å². The highest BCUT2D eigenvalue weighted by Gasteiger charge is 2.35. The van der Waals surface area contributed by atoms with Crippen LogP contribution in [-0.4, -0.2) is 33.7 Å². The molecule has 1 saturated carbocycles. The molecule has 1 aromatic heterocycles. The fourth-order valence-electron chi connectivity index (χ4n) is 4.07. The first-order valence-corrected chi connectivity index (χ1v) is 9.69. The van der Waals surface area contributed by atoms with Crippen molar-refractivity contribution in [2.24, 2.45) is 0 Å².